The van der Waals surface area contributed by atoms with Crippen molar-refractivity contribution in [1.29, 1.82) is 0 Å². The van der Waals surface area contributed by atoms with Gasteiger partial charge in [-0.1, -0.05) is 43.3 Å². The van der Waals surface area contributed by atoms with Crippen molar-refractivity contribution < 1.29 is 22.7 Å². The largest absolute Gasteiger partial charge is 0.392 e. The van der Waals surface area contributed by atoms with E-state index in [1.54, 1.807) is 30.3 Å². The van der Waals surface area contributed by atoms with E-state index in [0.717, 1.165) is 33.3 Å². The molecule has 0 aliphatic heterocycles. The van der Waals surface area contributed by atoms with Crippen LogP contribution in [0.1, 0.15) is 55.2 Å². The molecular weight excluding hydrogens is 529 g/mol. The molecule has 1 heterocycles. The monoisotopic (exact) mass is 563 g/mol. The van der Waals surface area contributed by atoms with E-state index in [2.05, 4.69) is 9.71 Å². The van der Waals surface area contributed by atoms with Crippen molar-refractivity contribution in [2.45, 2.75) is 63.0 Å². The first kappa shape index (κ1) is 28.0. The minimum atomic E-state index is -3.81. The third kappa shape index (κ3) is 5.29. The fourth-order valence-corrected chi connectivity index (χ4v) is 7.38. The zero-order valence-corrected chi connectivity index (χ0v) is 23.4. The van der Waals surface area contributed by atoms with E-state index in [4.69, 9.17) is 5.73 Å². The van der Waals surface area contributed by atoms with Crippen molar-refractivity contribution in [2.24, 2.45) is 11.1 Å². The third-order valence-electron chi connectivity index (χ3n) is 8.56. The number of carbonyl (C=O) groups is 1. The van der Waals surface area contributed by atoms with Crippen molar-refractivity contribution in [3.05, 3.63) is 89.2 Å². The van der Waals surface area contributed by atoms with Gasteiger partial charge in [0.05, 0.1) is 16.9 Å². The molecule has 0 spiro atoms. The lowest BCUT2D eigenvalue weighted by atomic mass is 9.63. The van der Waals surface area contributed by atoms with Crippen molar-refractivity contribution in [3.63, 3.8) is 0 Å². The average molecular weight is 564 g/mol. The van der Waals surface area contributed by atoms with Crippen LogP contribution < -0.4 is 10.5 Å². The first-order valence-corrected chi connectivity index (χ1v) is 14.9. The summed E-state index contributed by atoms with van der Waals surface area (Å²) in [6, 6.07) is 18.5. The number of primary amides is 1. The second-order valence-electron chi connectivity index (χ2n) is 10.9. The molecule has 1 aliphatic carbocycles. The van der Waals surface area contributed by atoms with Gasteiger partial charge in [-0.3, -0.25) is 4.79 Å². The molecule has 1 amide bonds. The Balaban J connectivity index is 1.32. The molecule has 0 bridgehead atoms. The number of carbonyl (C=O) groups excluding carboxylic acids is 1. The van der Waals surface area contributed by atoms with Gasteiger partial charge in [-0.25, -0.2) is 17.5 Å². The van der Waals surface area contributed by atoms with Crippen LogP contribution >= 0.6 is 0 Å². The van der Waals surface area contributed by atoms with Gasteiger partial charge in [-0.15, -0.1) is 0 Å². The lowest BCUT2D eigenvalue weighted by Crippen LogP contribution is -2.48. The summed E-state index contributed by atoms with van der Waals surface area (Å²) in [6.45, 7) is 3.86. The highest BCUT2D eigenvalue weighted by Gasteiger charge is 2.45. The molecule has 1 aromatic heterocycles. The van der Waals surface area contributed by atoms with Crippen molar-refractivity contribution in [2.75, 3.05) is 0 Å². The van der Waals surface area contributed by atoms with Crippen LogP contribution in [0.5, 0.6) is 0 Å². The van der Waals surface area contributed by atoms with E-state index >= 15 is 0 Å². The molecule has 5 rings (SSSR count). The Kier molecular flexibility index (Phi) is 7.56. The SMILES string of the molecule is Cc1cc(CO)ccc1-c1cc2ccc(S(=O)(=O)NC3CCC(C(N)=O)([C@H](C)c4ccc(F)cc4)CC3)cc2[nH]1. The fraction of sp³-hybridized carbons (Fsp3) is 0.323. The average Bonchev–Trinajstić information content (AvgIpc) is 3.36. The molecule has 9 heteroatoms. The summed E-state index contributed by atoms with van der Waals surface area (Å²) in [5.74, 6) is -0.987. The van der Waals surface area contributed by atoms with Crippen LogP contribution in [0.4, 0.5) is 4.39 Å². The number of sulfonamides is 1. The standard InChI is InChI=1S/C31H34FN3O4S/c1-19-15-21(18-36)3-10-27(19)29-16-23-6-9-26(17-28(23)34-29)40(38,39)35-25-11-13-31(14-12-25,30(33)37)20(2)22-4-7-24(32)8-5-22/h3-10,15-17,20,25,34-36H,11-14,18H2,1-2H3,(H2,33,37)/t20-,25?,31?/m1/s1. The maximum atomic E-state index is 13.4. The number of hydrogen-bond donors (Lipinski definition) is 4. The maximum absolute atomic E-state index is 13.4. The van der Waals surface area contributed by atoms with E-state index in [1.165, 1.54) is 12.1 Å². The number of H-pyrrole nitrogens is 1. The molecule has 1 fully saturated rings. The van der Waals surface area contributed by atoms with Crippen LogP contribution in [0.15, 0.2) is 71.6 Å². The number of rotatable bonds is 8. The van der Waals surface area contributed by atoms with Gasteiger partial charge in [0.25, 0.3) is 0 Å². The summed E-state index contributed by atoms with van der Waals surface area (Å²) in [5.41, 5.74) is 10.3. The summed E-state index contributed by atoms with van der Waals surface area (Å²) in [6.07, 6.45) is 1.79. The van der Waals surface area contributed by atoms with Crippen molar-refractivity contribution in [1.82, 2.24) is 9.71 Å². The molecule has 0 saturated heterocycles. The Morgan fingerprint density at radius 3 is 2.42 bits per heavy atom. The van der Waals surface area contributed by atoms with E-state index in [9.17, 15) is 22.7 Å². The number of amides is 1. The molecule has 40 heavy (non-hydrogen) atoms. The lowest BCUT2D eigenvalue weighted by Gasteiger charge is -2.42. The number of nitrogens with two attached hydrogens (primary N) is 1. The Morgan fingerprint density at radius 1 is 1.10 bits per heavy atom. The number of aliphatic hydroxyl groups excluding tert-OH is 1. The number of aromatic amines is 1. The Bertz CT molecular complexity index is 1660. The highest BCUT2D eigenvalue weighted by Crippen LogP contribution is 2.47. The topological polar surface area (TPSA) is 125 Å². The predicted molar refractivity (Wildman–Crippen MR) is 153 cm³/mol. The van der Waals surface area contributed by atoms with E-state index < -0.39 is 21.3 Å². The van der Waals surface area contributed by atoms with Gasteiger partial charge in [0.2, 0.25) is 15.9 Å². The zero-order valence-electron chi connectivity index (χ0n) is 22.6. The number of aliphatic hydroxyl groups is 1. The normalized spacial score (nSPS) is 20.4. The first-order valence-electron chi connectivity index (χ1n) is 13.4. The second kappa shape index (κ2) is 10.8. The molecule has 210 valence electrons. The van der Waals surface area contributed by atoms with Crippen LogP contribution in [0.25, 0.3) is 22.2 Å². The van der Waals surface area contributed by atoms with Crippen LogP contribution in [0.2, 0.25) is 0 Å². The summed E-state index contributed by atoms with van der Waals surface area (Å²) in [7, 11) is -3.81. The van der Waals surface area contributed by atoms with Crippen LogP contribution in [0.3, 0.4) is 0 Å². The van der Waals surface area contributed by atoms with Gasteiger partial charge in [0.15, 0.2) is 0 Å². The molecule has 0 unspecified atom stereocenters. The number of halogens is 1. The Morgan fingerprint density at radius 2 is 1.80 bits per heavy atom. The third-order valence-corrected chi connectivity index (χ3v) is 10.1. The zero-order chi connectivity index (χ0) is 28.7. The molecule has 5 N–H and O–H groups in total. The van der Waals surface area contributed by atoms with E-state index in [1.807, 2.05) is 38.1 Å². The Hall–Kier alpha value is -3.53. The van der Waals surface area contributed by atoms with Gasteiger partial charge in [0.1, 0.15) is 5.82 Å². The van der Waals surface area contributed by atoms with Crippen LogP contribution in [-0.2, 0) is 21.4 Å². The highest BCUT2D eigenvalue weighted by molar-refractivity contribution is 7.89. The van der Waals surface area contributed by atoms with Crippen molar-refractivity contribution in [3.8, 4) is 11.3 Å². The molecule has 1 atom stereocenters. The molecule has 0 radical (unpaired) electrons. The smallest absolute Gasteiger partial charge is 0.240 e. The maximum Gasteiger partial charge on any atom is 0.240 e. The summed E-state index contributed by atoms with van der Waals surface area (Å²) in [4.78, 5) is 16.1. The van der Waals surface area contributed by atoms with E-state index in [0.29, 0.717) is 31.2 Å². The summed E-state index contributed by atoms with van der Waals surface area (Å²) in [5, 5.41) is 10.3. The van der Waals surface area contributed by atoms with E-state index in [-0.39, 0.29) is 29.3 Å². The number of fused-ring (bicyclic) bond motifs is 1. The van der Waals surface area contributed by atoms with Crippen LogP contribution in [0, 0.1) is 18.2 Å². The minimum Gasteiger partial charge on any atom is -0.392 e. The van der Waals surface area contributed by atoms with Gasteiger partial charge in [0, 0.05) is 28.2 Å². The summed E-state index contributed by atoms with van der Waals surface area (Å²) < 4.78 is 43.0. The number of benzene rings is 3. The van der Waals surface area contributed by atoms with Gasteiger partial charge >= 0.3 is 0 Å². The quantitative estimate of drug-likeness (QED) is 0.233. The number of aryl methyl sites for hydroxylation is 1. The van der Waals surface area contributed by atoms with Crippen LogP contribution in [-0.4, -0.2) is 30.5 Å². The molecular formula is C31H34FN3O4S. The van der Waals surface area contributed by atoms with Gasteiger partial charge in [-0.2, -0.15) is 0 Å². The second-order valence-corrected chi connectivity index (χ2v) is 12.6. The number of nitrogens with one attached hydrogen (secondary N) is 2. The number of hydrogen-bond acceptors (Lipinski definition) is 4. The first-order chi connectivity index (χ1) is 19.0. The highest BCUT2D eigenvalue weighted by atomic mass is 32.2. The summed E-state index contributed by atoms with van der Waals surface area (Å²) >= 11 is 0. The molecule has 4 aromatic rings. The molecule has 1 saturated carbocycles. The molecule has 7 nitrogen and oxygen atoms in total. The van der Waals surface area contributed by atoms with Gasteiger partial charge < -0.3 is 15.8 Å². The number of aromatic nitrogens is 1. The van der Waals surface area contributed by atoms with Crippen molar-refractivity contribution >= 4 is 26.8 Å². The molecule has 1 aliphatic rings. The minimum absolute atomic E-state index is 0.0280. The fourth-order valence-electron chi connectivity index (χ4n) is 6.05. The Labute approximate surface area is 233 Å². The lowest BCUT2D eigenvalue weighted by molar-refractivity contribution is -0.131. The van der Waals surface area contributed by atoms with Gasteiger partial charge in [-0.05, 0) is 85.5 Å². The molecule has 3 aromatic carbocycles. The predicted octanol–water partition coefficient (Wildman–Crippen LogP) is 5.27.